The smallest absolute Gasteiger partial charge is 0.236 e. The number of hydrogen-bond acceptors (Lipinski definition) is 4. The molecule has 0 radical (unpaired) electrons. The zero-order chi connectivity index (χ0) is 13.9. The lowest BCUT2D eigenvalue weighted by atomic mass is 10.1. The zero-order valence-electron chi connectivity index (χ0n) is 12.0. The van der Waals surface area contributed by atoms with Gasteiger partial charge in [-0.05, 0) is 37.1 Å². The van der Waals surface area contributed by atoms with Gasteiger partial charge >= 0.3 is 0 Å². The van der Waals surface area contributed by atoms with Gasteiger partial charge in [0.2, 0.25) is 5.88 Å². The van der Waals surface area contributed by atoms with Crippen molar-refractivity contribution in [2.45, 2.75) is 25.9 Å². The van der Waals surface area contributed by atoms with Crippen LogP contribution in [-0.2, 0) is 26.6 Å². The van der Waals surface area contributed by atoms with Crippen molar-refractivity contribution in [2.75, 3.05) is 13.7 Å². The number of aromatic nitrogens is 3. The van der Waals surface area contributed by atoms with E-state index in [0.29, 0.717) is 0 Å². The number of ether oxygens (including phenoxy) is 1. The van der Waals surface area contributed by atoms with Crippen LogP contribution in [0.3, 0.4) is 0 Å². The van der Waals surface area contributed by atoms with Crippen molar-refractivity contribution in [2.24, 2.45) is 7.05 Å². The van der Waals surface area contributed by atoms with Crippen molar-refractivity contribution in [3.05, 3.63) is 41.3 Å². The fraction of sp³-hybridized carbons (Fsp3) is 0.467. The summed E-state index contributed by atoms with van der Waals surface area (Å²) in [4.78, 5) is 6.53. The molecule has 0 spiro atoms. The summed E-state index contributed by atoms with van der Waals surface area (Å²) in [6, 6.07) is 4.16. The summed E-state index contributed by atoms with van der Waals surface area (Å²) >= 11 is 0. The summed E-state index contributed by atoms with van der Waals surface area (Å²) in [6.07, 6.45) is 5.89. The Morgan fingerprint density at radius 1 is 1.30 bits per heavy atom. The van der Waals surface area contributed by atoms with E-state index in [1.807, 2.05) is 24.1 Å². The third kappa shape index (κ3) is 2.54. The van der Waals surface area contributed by atoms with Crippen LogP contribution in [0.5, 0.6) is 5.88 Å². The molecule has 106 valence electrons. The Morgan fingerprint density at radius 3 is 2.85 bits per heavy atom. The maximum absolute atomic E-state index is 5.38. The number of pyridine rings is 1. The molecule has 0 saturated carbocycles. The highest BCUT2D eigenvalue weighted by atomic mass is 16.5. The monoisotopic (exact) mass is 272 g/mol. The van der Waals surface area contributed by atoms with E-state index >= 15 is 0 Å². The second-order valence-corrected chi connectivity index (χ2v) is 5.23. The highest BCUT2D eigenvalue weighted by molar-refractivity contribution is 5.32. The van der Waals surface area contributed by atoms with Gasteiger partial charge in [0.15, 0.2) is 0 Å². The Balaban J connectivity index is 1.81. The van der Waals surface area contributed by atoms with Crippen LogP contribution in [0.2, 0.25) is 0 Å². The Kier molecular flexibility index (Phi) is 3.69. The van der Waals surface area contributed by atoms with Crippen LogP contribution in [0.15, 0.2) is 24.5 Å². The Morgan fingerprint density at radius 2 is 2.10 bits per heavy atom. The second kappa shape index (κ2) is 5.63. The van der Waals surface area contributed by atoms with Gasteiger partial charge in [-0.15, -0.1) is 5.10 Å². The van der Waals surface area contributed by atoms with Crippen LogP contribution in [0.1, 0.15) is 23.2 Å². The molecule has 0 bridgehead atoms. The molecule has 0 N–H and O–H groups in total. The molecule has 1 aliphatic heterocycles. The molecular formula is C15H20N4O. The number of fused-ring (bicyclic) bond motifs is 1. The summed E-state index contributed by atoms with van der Waals surface area (Å²) in [5.41, 5.74) is 3.85. The summed E-state index contributed by atoms with van der Waals surface area (Å²) in [6.45, 7) is 2.97. The lowest BCUT2D eigenvalue weighted by molar-refractivity contribution is 0.254. The topological polar surface area (TPSA) is 43.2 Å². The molecule has 5 nitrogen and oxygen atoms in total. The largest absolute Gasteiger partial charge is 0.480 e. The zero-order valence-corrected chi connectivity index (χ0v) is 12.0. The van der Waals surface area contributed by atoms with Crippen molar-refractivity contribution in [3.63, 3.8) is 0 Å². The standard InChI is InChI=1S/C15H20N4O/c1-18-14-11-19(10-12-5-7-16-8-6-12)9-3-4-13(14)15(17-18)20-2/h5-8H,3-4,9-11H2,1-2H3. The molecule has 20 heavy (non-hydrogen) atoms. The SMILES string of the molecule is COc1nn(C)c2c1CCCN(Cc1ccncc1)C2. The average molecular weight is 272 g/mol. The Hall–Kier alpha value is -1.88. The minimum Gasteiger partial charge on any atom is -0.480 e. The molecule has 2 aromatic rings. The highest BCUT2D eigenvalue weighted by Crippen LogP contribution is 2.27. The number of nitrogens with zero attached hydrogens (tertiary/aromatic N) is 4. The summed E-state index contributed by atoms with van der Waals surface area (Å²) < 4.78 is 7.34. The van der Waals surface area contributed by atoms with Crippen molar-refractivity contribution in [1.82, 2.24) is 19.7 Å². The maximum atomic E-state index is 5.38. The Bertz CT molecular complexity index is 579. The molecule has 0 fully saturated rings. The van der Waals surface area contributed by atoms with Crippen molar-refractivity contribution in [1.29, 1.82) is 0 Å². The first-order valence-corrected chi connectivity index (χ1v) is 6.98. The molecule has 0 aromatic carbocycles. The number of rotatable bonds is 3. The van der Waals surface area contributed by atoms with Crippen LogP contribution >= 0.6 is 0 Å². The number of aryl methyl sites for hydroxylation is 1. The first-order chi connectivity index (χ1) is 9.78. The first-order valence-electron chi connectivity index (χ1n) is 6.98. The maximum Gasteiger partial charge on any atom is 0.236 e. The van der Waals surface area contributed by atoms with Gasteiger partial charge in [-0.1, -0.05) is 0 Å². The molecule has 5 heteroatoms. The minimum absolute atomic E-state index is 0.785. The molecule has 0 saturated heterocycles. The van der Waals surface area contributed by atoms with E-state index in [4.69, 9.17) is 4.74 Å². The van der Waals surface area contributed by atoms with E-state index in [1.165, 1.54) is 16.8 Å². The predicted octanol–water partition coefficient (Wildman–Crippen LogP) is 1.77. The van der Waals surface area contributed by atoms with Gasteiger partial charge in [-0.2, -0.15) is 0 Å². The van der Waals surface area contributed by atoms with Gasteiger partial charge in [-0.3, -0.25) is 14.6 Å². The molecule has 0 aliphatic carbocycles. The van der Waals surface area contributed by atoms with Crippen LogP contribution in [-0.4, -0.2) is 33.3 Å². The lowest BCUT2D eigenvalue weighted by Gasteiger charge is -2.20. The molecule has 1 aliphatic rings. The molecule has 3 heterocycles. The lowest BCUT2D eigenvalue weighted by Crippen LogP contribution is -2.24. The van der Waals surface area contributed by atoms with E-state index in [0.717, 1.165) is 38.4 Å². The average Bonchev–Trinajstić information content (AvgIpc) is 2.64. The van der Waals surface area contributed by atoms with Gasteiger partial charge < -0.3 is 4.74 Å². The van der Waals surface area contributed by atoms with Crippen LogP contribution in [0.25, 0.3) is 0 Å². The summed E-state index contributed by atoms with van der Waals surface area (Å²) in [5.74, 6) is 0.785. The van der Waals surface area contributed by atoms with E-state index in [9.17, 15) is 0 Å². The van der Waals surface area contributed by atoms with Crippen LogP contribution in [0, 0.1) is 0 Å². The van der Waals surface area contributed by atoms with E-state index in [-0.39, 0.29) is 0 Å². The quantitative estimate of drug-likeness (QED) is 0.854. The van der Waals surface area contributed by atoms with Crippen LogP contribution in [0.4, 0.5) is 0 Å². The second-order valence-electron chi connectivity index (χ2n) is 5.23. The van der Waals surface area contributed by atoms with Gasteiger partial charge in [-0.25, -0.2) is 0 Å². The summed E-state index contributed by atoms with van der Waals surface area (Å²) in [5, 5.41) is 4.45. The summed E-state index contributed by atoms with van der Waals surface area (Å²) in [7, 11) is 3.69. The Labute approximate surface area is 119 Å². The number of hydrogen-bond donors (Lipinski definition) is 0. The predicted molar refractivity (Wildman–Crippen MR) is 76.4 cm³/mol. The van der Waals surface area contributed by atoms with Gasteiger partial charge in [0.05, 0.1) is 12.8 Å². The normalized spacial score (nSPS) is 15.7. The fourth-order valence-electron chi connectivity index (χ4n) is 2.84. The first kappa shape index (κ1) is 13.1. The third-order valence-corrected chi connectivity index (χ3v) is 3.86. The molecular weight excluding hydrogens is 252 g/mol. The fourth-order valence-corrected chi connectivity index (χ4v) is 2.84. The van der Waals surface area contributed by atoms with Crippen LogP contribution < -0.4 is 4.74 Å². The van der Waals surface area contributed by atoms with Crippen molar-refractivity contribution >= 4 is 0 Å². The minimum atomic E-state index is 0.785. The van der Waals surface area contributed by atoms with Gasteiger partial charge in [0, 0.05) is 38.1 Å². The molecule has 0 atom stereocenters. The van der Waals surface area contributed by atoms with Crippen molar-refractivity contribution in [3.8, 4) is 5.88 Å². The molecule has 2 aromatic heterocycles. The molecule has 0 amide bonds. The van der Waals surface area contributed by atoms with E-state index in [2.05, 4.69) is 27.1 Å². The van der Waals surface area contributed by atoms with Gasteiger partial charge in [0.1, 0.15) is 0 Å². The molecule has 3 rings (SSSR count). The molecule has 0 unspecified atom stereocenters. The van der Waals surface area contributed by atoms with E-state index < -0.39 is 0 Å². The van der Waals surface area contributed by atoms with E-state index in [1.54, 1.807) is 7.11 Å². The third-order valence-electron chi connectivity index (χ3n) is 3.86. The number of methoxy groups -OCH3 is 1. The highest BCUT2D eigenvalue weighted by Gasteiger charge is 2.22. The van der Waals surface area contributed by atoms with Gasteiger partial charge in [0.25, 0.3) is 0 Å². The van der Waals surface area contributed by atoms with Crippen molar-refractivity contribution < 1.29 is 4.74 Å².